The van der Waals surface area contributed by atoms with Crippen LogP contribution in [0.1, 0.15) is 25.8 Å². The van der Waals surface area contributed by atoms with Crippen LogP contribution in [0.15, 0.2) is 24.3 Å². The summed E-state index contributed by atoms with van der Waals surface area (Å²) in [5.74, 6) is -0.554. The Kier molecular flexibility index (Phi) is 8.35. The summed E-state index contributed by atoms with van der Waals surface area (Å²) in [7, 11) is 0. The lowest BCUT2D eigenvalue weighted by atomic mass is 10.00. The molecule has 0 spiro atoms. The Morgan fingerprint density at radius 3 is 2.58 bits per heavy atom. The van der Waals surface area contributed by atoms with Gasteiger partial charge in [0.25, 0.3) is 0 Å². The van der Waals surface area contributed by atoms with Crippen LogP contribution < -0.4 is 11.1 Å². The van der Waals surface area contributed by atoms with Gasteiger partial charge in [0.2, 0.25) is 5.91 Å². The highest BCUT2D eigenvalue weighted by molar-refractivity contribution is 5.85. The van der Waals surface area contributed by atoms with Gasteiger partial charge in [-0.15, -0.1) is 12.4 Å². The maximum Gasteiger partial charge on any atom is 0.223 e. The summed E-state index contributed by atoms with van der Waals surface area (Å²) in [6.07, 6.45) is 1.16. The normalized spacial score (nSPS) is 13.3. The molecule has 1 aromatic rings. The van der Waals surface area contributed by atoms with E-state index < -0.39 is 0 Å². The highest BCUT2D eigenvalue weighted by Gasteiger charge is 2.14. The fourth-order valence-corrected chi connectivity index (χ4v) is 1.68. The topological polar surface area (TPSA) is 55.1 Å². The number of carbonyl (C=O) groups excluding carboxylic acids is 1. The molecule has 0 aromatic heterocycles. The molecule has 19 heavy (non-hydrogen) atoms. The molecule has 0 aliphatic carbocycles. The Morgan fingerprint density at radius 1 is 1.37 bits per heavy atom. The molecule has 0 aliphatic heterocycles. The molecule has 3 N–H and O–H groups in total. The van der Waals surface area contributed by atoms with Crippen molar-refractivity contribution < 1.29 is 9.18 Å². The molecule has 2 atom stereocenters. The molecular formula is C14H22ClFN2O. The van der Waals surface area contributed by atoms with E-state index in [1.807, 2.05) is 6.92 Å². The van der Waals surface area contributed by atoms with Crippen LogP contribution in [0.4, 0.5) is 4.39 Å². The maximum atomic E-state index is 13.4. The van der Waals surface area contributed by atoms with Gasteiger partial charge in [0.15, 0.2) is 0 Å². The van der Waals surface area contributed by atoms with Gasteiger partial charge in [-0.2, -0.15) is 0 Å². The summed E-state index contributed by atoms with van der Waals surface area (Å²) >= 11 is 0. The zero-order chi connectivity index (χ0) is 13.5. The molecule has 0 aliphatic rings. The summed E-state index contributed by atoms with van der Waals surface area (Å²) < 4.78 is 13.4. The number of rotatable bonds is 6. The van der Waals surface area contributed by atoms with Crippen LogP contribution in [-0.4, -0.2) is 18.5 Å². The van der Waals surface area contributed by atoms with E-state index >= 15 is 0 Å². The first-order valence-electron chi connectivity index (χ1n) is 6.27. The fraction of sp³-hybridized carbons (Fsp3) is 0.500. The van der Waals surface area contributed by atoms with Gasteiger partial charge in [-0.1, -0.05) is 25.1 Å². The van der Waals surface area contributed by atoms with Crippen LogP contribution in [0.2, 0.25) is 0 Å². The fourth-order valence-electron chi connectivity index (χ4n) is 1.68. The van der Waals surface area contributed by atoms with Crippen molar-refractivity contribution in [3.63, 3.8) is 0 Å². The van der Waals surface area contributed by atoms with E-state index in [1.54, 1.807) is 25.1 Å². The second-order valence-corrected chi connectivity index (χ2v) is 4.75. The van der Waals surface area contributed by atoms with Crippen molar-refractivity contribution in [2.75, 3.05) is 6.54 Å². The Balaban J connectivity index is 0.00000324. The molecule has 0 saturated carbocycles. The summed E-state index contributed by atoms with van der Waals surface area (Å²) in [5, 5.41) is 2.81. The van der Waals surface area contributed by atoms with E-state index in [0.29, 0.717) is 18.5 Å². The summed E-state index contributed by atoms with van der Waals surface area (Å²) in [6.45, 7) is 4.26. The van der Waals surface area contributed by atoms with E-state index in [-0.39, 0.29) is 36.1 Å². The van der Waals surface area contributed by atoms with Gasteiger partial charge in [-0.05, 0) is 31.4 Å². The number of nitrogens with one attached hydrogen (secondary N) is 1. The number of hydrogen-bond acceptors (Lipinski definition) is 2. The van der Waals surface area contributed by atoms with Crippen molar-refractivity contribution >= 4 is 18.3 Å². The monoisotopic (exact) mass is 288 g/mol. The number of nitrogens with two attached hydrogens (primary N) is 1. The molecule has 3 nitrogen and oxygen atoms in total. The molecule has 5 heteroatoms. The van der Waals surface area contributed by atoms with Crippen LogP contribution in [0.3, 0.4) is 0 Å². The third-order valence-electron chi connectivity index (χ3n) is 2.83. The summed E-state index contributed by atoms with van der Waals surface area (Å²) in [6, 6.07) is 6.62. The van der Waals surface area contributed by atoms with Crippen molar-refractivity contribution in [2.45, 2.75) is 32.7 Å². The average molecular weight is 289 g/mol. The van der Waals surface area contributed by atoms with Gasteiger partial charge in [0.1, 0.15) is 5.82 Å². The lowest BCUT2D eigenvalue weighted by Gasteiger charge is -2.13. The van der Waals surface area contributed by atoms with Crippen molar-refractivity contribution in [3.8, 4) is 0 Å². The number of benzene rings is 1. The quantitative estimate of drug-likeness (QED) is 0.844. The number of halogens is 2. The number of carbonyl (C=O) groups is 1. The second-order valence-electron chi connectivity index (χ2n) is 4.75. The smallest absolute Gasteiger partial charge is 0.223 e. The minimum atomic E-state index is -0.257. The van der Waals surface area contributed by atoms with Gasteiger partial charge in [-0.25, -0.2) is 4.39 Å². The largest absolute Gasteiger partial charge is 0.356 e. The first-order valence-corrected chi connectivity index (χ1v) is 6.27. The number of amides is 1. The Morgan fingerprint density at radius 2 is 2.00 bits per heavy atom. The Labute approximate surface area is 120 Å². The summed E-state index contributed by atoms with van der Waals surface area (Å²) in [5.41, 5.74) is 6.17. The van der Waals surface area contributed by atoms with E-state index in [9.17, 15) is 9.18 Å². The summed E-state index contributed by atoms with van der Waals surface area (Å²) in [4.78, 5) is 11.8. The minimum Gasteiger partial charge on any atom is -0.356 e. The predicted molar refractivity (Wildman–Crippen MR) is 77.8 cm³/mol. The van der Waals surface area contributed by atoms with Crippen LogP contribution in [0.25, 0.3) is 0 Å². The molecule has 2 unspecified atom stereocenters. The third-order valence-corrected chi connectivity index (χ3v) is 2.83. The highest BCUT2D eigenvalue weighted by Crippen LogP contribution is 2.12. The SMILES string of the molecule is CC(N)CCNC(=O)C(C)Cc1ccccc1F.Cl. The molecule has 1 amide bonds. The molecule has 0 heterocycles. The average Bonchev–Trinajstić information content (AvgIpc) is 2.31. The highest BCUT2D eigenvalue weighted by atomic mass is 35.5. The predicted octanol–water partition coefficient (Wildman–Crippen LogP) is 2.28. The standard InChI is InChI=1S/C14H21FN2O.ClH/c1-10(14(18)17-8-7-11(2)16)9-12-5-3-4-6-13(12)15;/h3-6,10-11H,7-9,16H2,1-2H3,(H,17,18);1H. The molecule has 1 aromatic carbocycles. The van der Waals surface area contributed by atoms with Crippen LogP contribution in [-0.2, 0) is 11.2 Å². The lowest BCUT2D eigenvalue weighted by molar-refractivity contribution is -0.124. The molecule has 0 radical (unpaired) electrons. The van der Waals surface area contributed by atoms with Gasteiger partial charge >= 0.3 is 0 Å². The van der Waals surface area contributed by atoms with E-state index in [2.05, 4.69) is 5.32 Å². The molecule has 108 valence electrons. The zero-order valence-corrected chi connectivity index (χ0v) is 12.2. The van der Waals surface area contributed by atoms with Crippen molar-refractivity contribution in [3.05, 3.63) is 35.6 Å². The van der Waals surface area contributed by atoms with Gasteiger partial charge < -0.3 is 11.1 Å². The van der Waals surface area contributed by atoms with E-state index in [0.717, 1.165) is 6.42 Å². The maximum absolute atomic E-state index is 13.4. The Bertz CT molecular complexity index is 399. The van der Waals surface area contributed by atoms with Gasteiger partial charge in [-0.3, -0.25) is 4.79 Å². The first-order chi connectivity index (χ1) is 8.50. The molecule has 0 bridgehead atoms. The van der Waals surface area contributed by atoms with Crippen molar-refractivity contribution in [1.82, 2.24) is 5.32 Å². The number of hydrogen-bond donors (Lipinski definition) is 2. The van der Waals surface area contributed by atoms with E-state index in [4.69, 9.17) is 5.73 Å². The third kappa shape index (κ3) is 6.55. The second kappa shape index (κ2) is 8.88. The molecular weight excluding hydrogens is 267 g/mol. The lowest BCUT2D eigenvalue weighted by Crippen LogP contribution is -2.33. The van der Waals surface area contributed by atoms with Gasteiger partial charge in [0, 0.05) is 18.5 Å². The Hall–Kier alpha value is -1.13. The van der Waals surface area contributed by atoms with Crippen molar-refractivity contribution in [1.29, 1.82) is 0 Å². The van der Waals surface area contributed by atoms with E-state index in [1.165, 1.54) is 6.07 Å². The van der Waals surface area contributed by atoms with Crippen LogP contribution >= 0.6 is 12.4 Å². The minimum absolute atomic E-state index is 0. The molecule has 1 rings (SSSR count). The van der Waals surface area contributed by atoms with Crippen molar-refractivity contribution in [2.24, 2.45) is 11.7 Å². The van der Waals surface area contributed by atoms with Crippen LogP contribution in [0, 0.1) is 11.7 Å². The van der Waals surface area contributed by atoms with Crippen LogP contribution in [0.5, 0.6) is 0 Å². The van der Waals surface area contributed by atoms with Gasteiger partial charge in [0.05, 0.1) is 0 Å². The first kappa shape index (κ1) is 17.9. The zero-order valence-electron chi connectivity index (χ0n) is 11.4. The molecule has 0 saturated heterocycles. The molecule has 0 fully saturated rings.